The molecule has 0 heterocycles. The molecule has 2 aromatic carbocycles. The average Bonchev–Trinajstić information content (AvgIpc) is 2.65. The summed E-state index contributed by atoms with van der Waals surface area (Å²) in [7, 11) is 1.62. The Bertz CT molecular complexity index is 838. The molecule has 2 N–H and O–H groups in total. The van der Waals surface area contributed by atoms with Crippen molar-refractivity contribution in [2.24, 2.45) is 0 Å². The third-order valence-corrected chi connectivity index (χ3v) is 5.07. The Hall–Kier alpha value is -2.69. The first-order valence-electron chi connectivity index (χ1n) is 10.3. The molecule has 2 aromatic rings. The number of aromatic hydroxyl groups is 1. The zero-order valence-corrected chi connectivity index (χ0v) is 19.4. The molecule has 0 aliphatic rings. The van der Waals surface area contributed by atoms with Crippen LogP contribution in [0.15, 0.2) is 36.4 Å². The van der Waals surface area contributed by atoms with Crippen LogP contribution < -0.4 is 10.1 Å². The average molecular weight is 414 g/mol. The number of rotatable bonds is 5. The first-order valence-corrected chi connectivity index (χ1v) is 10.3. The minimum absolute atomic E-state index is 0.269. The number of carbonyl (C=O) groups excluding carboxylic acids is 1. The molecule has 0 fully saturated rings. The number of phenolic OH excluding ortho intramolecular Hbond substituents is 1. The van der Waals surface area contributed by atoms with Gasteiger partial charge in [0.15, 0.2) is 0 Å². The lowest BCUT2D eigenvalue weighted by atomic mass is 9.77. The molecule has 0 saturated heterocycles. The van der Waals surface area contributed by atoms with E-state index in [1.807, 2.05) is 36.4 Å². The zero-order chi connectivity index (χ0) is 22.7. The quantitative estimate of drug-likeness (QED) is 0.647. The van der Waals surface area contributed by atoms with Gasteiger partial charge in [0, 0.05) is 0 Å². The first kappa shape index (κ1) is 23.6. The van der Waals surface area contributed by atoms with E-state index in [-0.39, 0.29) is 17.4 Å². The molecule has 164 valence electrons. The number of alkyl carbamates (subject to hydrolysis) is 1. The highest BCUT2D eigenvalue weighted by Crippen LogP contribution is 2.41. The molecule has 5 nitrogen and oxygen atoms in total. The Balaban J connectivity index is 2.70. The summed E-state index contributed by atoms with van der Waals surface area (Å²) in [6.07, 6.45) is -0.485. The van der Waals surface area contributed by atoms with E-state index in [1.165, 1.54) is 0 Å². The molecule has 0 radical (unpaired) electrons. The van der Waals surface area contributed by atoms with Gasteiger partial charge in [0.1, 0.15) is 11.5 Å². The summed E-state index contributed by atoms with van der Waals surface area (Å²) in [5.74, 6) is 1.05. The fourth-order valence-electron chi connectivity index (χ4n) is 3.41. The Morgan fingerprint density at radius 1 is 0.967 bits per heavy atom. The third kappa shape index (κ3) is 5.47. The summed E-state index contributed by atoms with van der Waals surface area (Å²) in [5.41, 5.74) is 2.93. The standard InChI is InChI=1S/C25H35NO4/c1-9-30-23(28)26-21(16-10-12-18(29-8)13-11-16)17-14-19(24(2,3)4)22(27)20(15-17)25(5,6)7/h10-15,21,27H,9H2,1-8H3,(H,26,28). The number of hydrogen-bond donors (Lipinski definition) is 2. The highest BCUT2D eigenvalue weighted by Gasteiger charge is 2.29. The summed E-state index contributed by atoms with van der Waals surface area (Å²) < 4.78 is 10.4. The number of ether oxygens (including phenoxy) is 2. The number of phenols is 1. The van der Waals surface area contributed by atoms with Crippen molar-refractivity contribution in [1.82, 2.24) is 5.32 Å². The molecule has 0 aliphatic carbocycles. The van der Waals surface area contributed by atoms with Gasteiger partial charge in [-0.1, -0.05) is 53.7 Å². The molecular formula is C25H35NO4. The lowest BCUT2D eigenvalue weighted by Crippen LogP contribution is -2.30. The molecule has 1 unspecified atom stereocenters. The van der Waals surface area contributed by atoms with Crippen LogP contribution in [0.4, 0.5) is 4.79 Å². The number of methoxy groups -OCH3 is 1. The van der Waals surface area contributed by atoms with E-state index in [0.717, 1.165) is 28.0 Å². The molecule has 0 spiro atoms. The van der Waals surface area contributed by atoms with Crippen LogP contribution in [0.3, 0.4) is 0 Å². The maximum atomic E-state index is 12.3. The van der Waals surface area contributed by atoms with Crippen molar-refractivity contribution in [2.75, 3.05) is 13.7 Å². The van der Waals surface area contributed by atoms with Crippen molar-refractivity contribution in [2.45, 2.75) is 65.3 Å². The van der Waals surface area contributed by atoms with E-state index < -0.39 is 12.1 Å². The summed E-state index contributed by atoms with van der Waals surface area (Å²) in [6, 6.07) is 11.1. The zero-order valence-electron chi connectivity index (χ0n) is 19.4. The first-order chi connectivity index (χ1) is 13.9. The minimum Gasteiger partial charge on any atom is -0.507 e. The van der Waals surface area contributed by atoms with Crippen LogP contribution >= 0.6 is 0 Å². The van der Waals surface area contributed by atoms with Crippen molar-refractivity contribution in [3.8, 4) is 11.5 Å². The molecule has 0 aliphatic heterocycles. The van der Waals surface area contributed by atoms with Crippen molar-refractivity contribution < 1.29 is 19.4 Å². The SMILES string of the molecule is CCOC(=O)NC(c1ccc(OC)cc1)c1cc(C(C)(C)C)c(O)c(C(C)(C)C)c1. The van der Waals surface area contributed by atoms with Gasteiger partial charge in [-0.3, -0.25) is 0 Å². The normalized spacial score (nSPS) is 12.9. The Kier molecular flexibility index (Phi) is 7.06. The van der Waals surface area contributed by atoms with Crippen LogP contribution in [0.25, 0.3) is 0 Å². The van der Waals surface area contributed by atoms with Gasteiger partial charge in [0.2, 0.25) is 0 Å². The molecule has 2 rings (SSSR count). The van der Waals surface area contributed by atoms with Gasteiger partial charge >= 0.3 is 6.09 Å². The van der Waals surface area contributed by atoms with Crippen LogP contribution in [0, 0.1) is 0 Å². The van der Waals surface area contributed by atoms with Crippen LogP contribution in [0.5, 0.6) is 11.5 Å². The van der Waals surface area contributed by atoms with Gasteiger partial charge in [-0.05, 0) is 64.3 Å². The van der Waals surface area contributed by atoms with E-state index >= 15 is 0 Å². The molecule has 30 heavy (non-hydrogen) atoms. The second kappa shape index (κ2) is 8.99. The van der Waals surface area contributed by atoms with Crippen molar-refractivity contribution in [3.05, 3.63) is 58.7 Å². The fraction of sp³-hybridized carbons (Fsp3) is 0.480. The predicted octanol–water partition coefficient (Wildman–Crippen LogP) is 5.83. The number of nitrogens with one attached hydrogen (secondary N) is 1. The topological polar surface area (TPSA) is 67.8 Å². The highest BCUT2D eigenvalue weighted by atomic mass is 16.5. The van der Waals surface area contributed by atoms with Crippen LogP contribution in [0.1, 0.15) is 76.8 Å². The van der Waals surface area contributed by atoms with Gasteiger partial charge in [-0.25, -0.2) is 4.79 Å². The summed E-state index contributed by atoms with van der Waals surface area (Å²) >= 11 is 0. The Morgan fingerprint density at radius 2 is 1.47 bits per heavy atom. The van der Waals surface area contributed by atoms with E-state index in [4.69, 9.17) is 9.47 Å². The van der Waals surface area contributed by atoms with Crippen LogP contribution in [0.2, 0.25) is 0 Å². The molecule has 0 aromatic heterocycles. The van der Waals surface area contributed by atoms with Crippen molar-refractivity contribution in [1.29, 1.82) is 0 Å². The monoisotopic (exact) mass is 413 g/mol. The van der Waals surface area contributed by atoms with Gasteiger partial charge in [0.25, 0.3) is 0 Å². The number of benzene rings is 2. The fourth-order valence-corrected chi connectivity index (χ4v) is 3.41. The van der Waals surface area contributed by atoms with E-state index in [1.54, 1.807) is 14.0 Å². The van der Waals surface area contributed by atoms with Gasteiger partial charge < -0.3 is 19.9 Å². The van der Waals surface area contributed by atoms with E-state index in [0.29, 0.717) is 5.75 Å². The summed E-state index contributed by atoms with van der Waals surface area (Å²) in [6.45, 7) is 14.5. The predicted molar refractivity (Wildman–Crippen MR) is 121 cm³/mol. The number of hydrogen-bond acceptors (Lipinski definition) is 4. The van der Waals surface area contributed by atoms with E-state index in [2.05, 4.69) is 46.9 Å². The largest absolute Gasteiger partial charge is 0.507 e. The maximum absolute atomic E-state index is 12.3. The van der Waals surface area contributed by atoms with Gasteiger partial charge in [0.05, 0.1) is 19.8 Å². The molecule has 0 saturated carbocycles. The van der Waals surface area contributed by atoms with Gasteiger partial charge in [-0.15, -0.1) is 0 Å². The third-order valence-electron chi connectivity index (χ3n) is 5.07. The summed E-state index contributed by atoms with van der Waals surface area (Å²) in [4.78, 5) is 12.3. The second-order valence-electron chi connectivity index (χ2n) is 9.54. The lowest BCUT2D eigenvalue weighted by molar-refractivity contribution is 0.149. The van der Waals surface area contributed by atoms with Crippen LogP contribution in [-0.2, 0) is 15.6 Å². The van der Waals surface area contributed by atoms with Crippen LogP contribution in [-0.4, -0.2) is 24.9 Å². The van der Waals surface area contributed by atoms with E-state index in [9.17, 15) is 9.90 Å². The van der Waals surface area contributed by atoms with Crippen molar-refractivity contribution in [3.63, 3.8) is 0 Å². The second-order valence-corrected chi connectivity index (χ2v) is 9.54. The molecule has 1 amide bonds. The number of carbonyl (C=O) groups is 1. The lowest BCUT2D eigenvalue weighted by Gasteiger charge is -2.30. The van der Waals surface area contributed by atoms with Gasteiger partial charge in [-0.2, -0.15) is 0 Å². The molecule has 1 atom stereocenters. The minimum atomic E-state index is -0.485. The molecular weight excluding hydrogens is 378 g/mol. The maximum Gasteiger partial charge on any atom is 0.407 e. The number of amides is 1. The highest BCUT2D eigenvalue weighted by molar-refractivity contribution is 5.69. The smallest absolute Gasteiger partial charge is 0.407 e. The molecule has 0 bridgehead atoms. The Labute approximate surface area is 180 Å². The Morgan fingerprint density at radius 3 is 1.87 bits per heavy atom. The molecule has 5 heteroatoms. The summed E-state index contributed by atoms with van der Waals surface area (Å²) in [5, 5.41) is 14.0. The van der Waals surface area contributed by atoms with Crippen molar-refractivity contribution >= 4 is 6.09 Å².